The number of nitrogens with zero attached hydrogens (tertiary/aromatic N) is 1. The van der Waals surface area contributed by atoms with Crippen molar-refractivity contribution in [3.05, 3.63) is 50.0 Å². The van der Waals surface area contributed by atoms with E-state index in [4.69, 9.17) is 51.5 Å². The summed E-state index contributed by atoms with van der Waals surface area (Å²) in [5.74, 6) is -0.981. The van der Waals surface area contributed by atoms with Gasteiger partial charge in [-0.15, -0.1) is 0 Å². The zero-order chi connectivity index (χ0) is 14.9. The van der Waals surface area contributed by atoms with Crippen LogP contribution in [0, 0.1) is 0 Å². The summed E-state index contributed by atoms with van der Waals surface area (Å²) in [5, 5.41) is 9.88. The zero-order valence-electron chi connectivity index (χ0n) is 9.83. The first kappa shape index (κ1) is 15.4. The maximum atomic E-state index is 10.7. The molecule has 0 fully saturated rings. The number of halogens is 4. The summed E-state index contributed by atoms with van der Waals surface area (Å²) < 4.78 is 0. The predicted octanol–water partition coefficient (Wildman–Crippen LogP) is 4.99. The first-order chi connectivity index (χ1) is 9.40. The van der Waals surface area contributed by atoms with Gasteiger partial charge in [0, 0.05) is 5.56 Å². The van der Waals surface area contributed by atoms with Crippen molar-refractivity contribution in [2.45, 2.75) is 6.42 Å². The quantitative estimate of drug-likeness (QED) is 0.793. The largest absolute Gasteiger partial charge is 0.481 e. The van der Waals surface area contributed by atoms with Gasteiger partial charge < -0.3 is 5.11 Å². The molecule has 3 nitrogen and oxygen atoms in total. The number of pyridine rings is 1. The Kier molecular flexibility index (Phi) is 4.76. The number of carbonyl (C=O) groups is 1. The van der Waals surface area contributed by atoms with Crippen molar-refractivity contribution in [2.24, 2.45) is 0 Å². The summed E-state index contributed by atoms with van der Waals surface area (Å²) in [4.78, 5) is 14.9. The number of rotatable bonds is 3. The first-order valence-corrected chi connectivity index (χ1v) is 6.92. The molecule has 0 aliphatic heterocycles. The third kappa shape index (κ3) is 3.18. The molecule has 2 aromatic rings. The smallest absolute Gasteiger partial charge is 0.309 e. The van der Waals surface area contributed by atoms with Crippen LogP contribution in [-0.2, 0) is 11.2 Å². The van der Waals surface area contributed by atoms with E-state index in [2.05, 4.69) is 4.98 Å². The van der Waals surface area contributed by atoms with Gasteiger partial charge >= 0.3 is 5.97 Å². The van der Waals surface area contributed by atoms with Gasteiger partial charge in [0.2, 0.25) is 0 Å². The minimum absolute atomic E-state index is 0.201. The second-order valence-electron chi connectivity index (χ2n) is 3.93. The van der Waals surface area contributed by atoms with Crippen molar-refractivity contribution in [2.75, 3.05) is 0 Å². The molecule has 0 bridgehead atoms. The molecule has 1 aromatic carbocycles. The molecule has 104 valence electrons. The van der Waals surface area contributed by atoms with E-state index in [1.54, 1.807) is 24.3 Å². The van der Waals surface area contributed by atoms with Crippen molar-refractivity contribution in [1.29, 1.82) is 0 Å². The summed E-state index contributed by atoms with van der Waals surface area (Å²) >= 11 is 24.1. The molecule has 0 saturated carbocycles. The van der Waals surface area contributed by atoms with Crippen molar-refractivity contribution in [3.63, 3.8) is 0 Å². The summed E-state index contributed by atoms with van der Waals surface area (Å²) in [5.41, 5.74) is 1.24. The normalized spacial score (nSPS) is 10.6. The highest BCUT2D eigenvalue weighted by Gasteiger charge is 2.15. The predicted molar refractivity (Wildman–Crippen MR) is 81.1 cm³/mol. The van der Waals surface area contributed by atoms with Crippen LogP contribution < -0.4 is 0 Å². The van der Waals surface area contributed by atoms with E-state index in [0.29, 0.717) is 27.0 Å². The number of aliphatic carboxylic acids is 1. The summed E-state index contributed by atoms with van der Waals surface area (Å²) in [7, 11) is 0. The van der Waals surface area contributed by atoms with E-state index in [1.807, 2.05) is 0 Å². The number of hydrogen-bond donors (Lipinski definition) is 1. The van der Waals surface area contributed by atoms with E-state index in [9.17, 15) is 4.79 Å². The Bertz CT molecular complexity index is 688. The Morgan fingerprint density at radius 2 is 1.65 bits per heavy atom. The molecule has 0 saturated heterocycles. The summed E-state index contributed by atoms with van der Waals surface area (Å²) in [6.45, 7) is 0. The fourth-order valence-corrected chi connectivity index (χ4v) is 2.47. The van der Waals surface area contributed by atoms with Gasteiger partial charge in [-0.2, -0.15) is 0 Å². The van der Waals surface area contributed by atoms with Crippen LogP contribution in [0.4, 0.5) is 0 Å². The van der Waals surface area contributed by atoms with Crippen molar-refractivity contribution in [3.8, 4) is 11.3 Å². The lowest BCUT2D eigenvalue weighted by atomic mass is 10.1. The van der Waals surface area contributed by atoms with Crippen molar-refractivity contribution < 1.29 is 9.90 Å². The Balaban J connectivity index is 2.57. The molecule has 20 heavy (non-hydrogen) atoms. The fraction of sp³-hybridized carbons (Fsp3) is 0.0769. The maximum absolute atomic E-state index is 10.7. The van der Waals surface area contributed by atoms with Gasteiger partial charge in [-0.05, 0) is 24.3 Å². The SMILES string of the molecule is O=C(O)Cc1ccc(Cl)c(-c2ccc(Cl)c(Cl)c2Cl)n1. The molecule has 0 aliphatic carbocycles. The third-order valence-corrected chi connectivity index (χ3v) is 4.12. The molecule has 0 radical (unpaired) electrons. The summed E-state index contributed by atoms with van der Waals surface area (Å²) in [6.07, 6.45) is -0.205. The van der Waals surface area contributed by atoms with Crippen LogP contribution in [0.1, 0.15) is 5.69 Å². The molecule has 2 rings (SSSR count). The lowest BCUT2D eigenvalue weighted by Gasteiger charge is -2.09. The highest BCUT2D eigenvalue weighted by atomic mass is 35.5. The van der Waals surface area contributed by atoms with Crippen LogP contribution in [0.25, 0.3) is 11.3 Å². The number of carboxylic acid groups (broad SMARTS) is 1. The molecule has 1 N–H and O–H groups in total. The average molecular weight is 351 g/mol. The fourth-order valence-electron chi connectivity index (χ4n) is 1.63. The number of hydrogen-bond acceptors (Lipinski definition) is 2. The van der Waals surface area contributed by atoms with Crippen LogP contribution in [0.3, 0.4) is 0 Å². The topological polar surface area (TPSA) is 50.2 Å². The standard InChI is InChI=1S/C13H7Cl4NO2/c14-8-4-2-7(11(16)12(8)17)13-9(15)3-1-6(18-13)5-10(19)20/h1-4H,5H2,(H,19,20). The van der Waals surface area contributed by atoms with Gasteiger partial charge in [-0.3, -0.25) is 9.78 Å². The second kappa shape index (κ2) is 6.19. The lowest BCUT2D eigenvalue weighted by molar-refractivity contribution is -0.136. The minimum atomic E-state index is -0.981. The van der Waals surface area contributed by atoms with Crippen LogP contribution in [0.15, 0.2) is 24.3 Å². The molecular formula is C13H7Cl4NO2. The van der Waals surface area contributed by atoms with Gasteiger partial charge in [0.15, 0.2) is 0 Å². The zero-order valence-corrected chi connectivity index (χ0v) is 12.9. The highest BCUT2D eigenvalue weighted by Crippen LogP contribution is 2.39. The highest BCUT2D eigenvalue weighted by molar-refractivity contribution is 6.49. The van der Waals surface area contributed by atoms with E-state index >= 15 is 0 Å². The second-order valence-corrected chi connectivity index (χ2v) is 5.50. The Morgan fingerprint density at radius 3 is 2.30 bits per heavy atom. The van der Waals surface area contributed by atoms with Gasteiger partial charge in [0.1, 0.15) is 0 Å². The maximum Gasteiger partial charge on any atom is 0.309 e. The number of aromatic nitrogens is 1. The Hall–Kier alpha value is -1.000. The van der Waals surface area contributed by atoms with Crippen LogP contribution >= 0.6 is 46.4 Å². The van der Waals surface area contributed by atoms with Crippen LogP contribution in [-0.4, -0.2) is 16.1 Å². The van der Waals surface area contributed by atoms with E-state index in [0.717, 1.165) is 0 Å². The molecule has 0 atom stereocenters. The number of benzene rings is 1. The Morgan fingerprint density at radius 1 is 1.00 bits per heavy atom. The molecule has 0 aliphatic rings. The first-order valence-electron chi connectivity index (χ1n) is 5.41. The monoisotopic (exact) mass is 349 g/mol. The molecule has 7 heteroatoms. The summed E-state index contributed by atoms with van der Waals surface area (Å²) in [6, 6.07) is 6.33. The van der Waals surface area contributed by atoms with Gasteiger partial charge in [0.25, 0.3) is 0 Å². The van der Waals surface area contributed by atoms with Gasteiger partial charge in [0.05, 0.1) is 37.9 Å². The molecule has 0 amide bonds. The van der Waals surface area contributed by atoms with Crippen molar-refractivity contribution >= 4 is 52.4 Å². The lowest BCUT2D eigenvalue weighted by Crippen LogP contribution is -2.03. The molecular weight excluding hydrogens is 344 g/mol. The van der Waals surface area contributed by atoms with Crippen molar-refractivity contribution in [1.82, 2.24) is 4.98 Å². The molecule has 1 aromatic heterocycles. The van der Waals surface area contributed by atoms with E-state index in [1.165, 1.54) is 0 Å². The number of carboxylic acids is 1. The van der Waals surface area contributed by atoms with E-state index in [-0.39, 0.29) is 16.5 Å². The van der Waals surface area contributed by atoms with Crippen LogP contribution in [0.2, 0.25) is 20.1 Å². The van der Waals surface area contributed by atoms with E-state index < -0.39 is 5.97 Å². The van der Waals surface area contributed by atoms with Gasteiger partial charge in [-0.25, -0.2) is 0 Å². The van der Waals surface area contributed by atoms with Crippen LogP contribution in [0.5, 0.6) is 0 Å². The molecule has 0 spiro atoms. The minimum Gasteiger partial charge on any atom is -0.481 e. The molecule has 0 unspecified atom stereocenters. The Labute approximate surface area is 135 Å². The average Bonchev–Trinajstić information content (AvgIpc) is 2.38. The van der Waals surface area contributed by atoms with Gasteiger partial charge in [-0.1, -0.05) is 46.4 Å². The molecule has 1 heterocycles. The third-order valence-electron chi connectivity index (χ3n) is 2.53.